The molecule has 0 bridgehead atoms. The maximum Gasteiger partial charge on any atom is 0.121 e. The molecule has 0 aliphatic carbocycles. The quantitative estimate of drug-likeness (QED) is 0.168. The molecule has 0 aliphatic heterocycles. The van der Waals surface area contributed by atoms with Gasteiger partial charge in [0.05, 0.1) is 5.58 Å². The Kier molecular flexibility index (Phi) is 9.46. The van der Waals surface area contributed by atoms with Crippen LogP contribution >= 0.6 is 11.3 Å². The SMILES string of the molecule is Cc1csc2cc3c(cc12)oc1c(-c2cc(CC(C)(C)C)c(C(C)(C)C)cn2)[c-]ccc13.[Ir].[c-]1ccccc1-c1ccccn1. The molecule has 0 unspecified atom stereocenters. The molecule has 0 atom stereocenters. The Bertz CT molecular complexity index is 2030. The van der Waals surface area contributed by atoms with E-state index in [0.29, 0.717) is 0 Å². The predicted molar refractivity (Wildman–Crippen MR) is 186 cm³/mol. The van der Waals surface area contributed by atoms with Crippen LogP contribution in [0.15, 0.2) is 95.0 Å². The number of rotatable bonds is 3. The average Bonchev–Trinajstić information content (AvgIpc) is 3.55. The van der Waals surface area contributed by atoms with E-state index < -0.39 is 0 Å². The van der Waals surface area contributed by atoms with Gasteiger partial charge in [0.2, 0.25) is 0 Å². The number of hydrogen-bond donors (Lipinski definition) is 0. The third-order valence-electron chi connectivity index (χ3n) is 7.75. The van der Waals surface area contributed by atoms with Crippen molar-refractivity contribution in [2.45, 2.75) is 60.3 Å². The van der Waals surface area contributed by atoms with Gasteiger partial charge in [0.15, 0.2) is 0 Å². The molecule has 4 heterocycles. The molecule has 231 valence electrons. The van der Waals surface area contributed by atoms with E-state index in [1.165, 1.54) is 26.8 Å². The van der Waals surface area contributed by atoms with Crippen LogP contribution in [0.2, 0.25) is 0 Å². The predicted octanol–water partition coefficient (Wildman–Crippen LogP) is 11.4. The third-order valence-corrected chi connectivity index (χ3v) is 8.81. The van der Waals surface area contributed by atoms with Crippen molar-refractivity contribution in [1.82, 2.24) is 9.97 Å². The van der Waals surface area contributed by atoms with E-state index in [-0.39, 0.29) is 30.9 Å². The Balaban J connectivity index is 0.000000258. The van der Waals surface area contributed by atoms with Gasteiger partial charge in [-0.2, -0.15) is 0 Å². The molecule has 4 aromatic heterocycles. The number of hydrogen-bond acceptors (Lipinski definition) is 4. The number of aryl methyl sites for hydroxylation is 1. The number of aromatic nitrogens is 2. The van der Waals surface area contributed by atoms with Gasteiger partial charge in [-0.3, -0.25) is 0 Å². The van der Waals surface area contributed by atoms with Gasteiger partial charge in [0.25, 0.3) is 0 Å². The van der Waals surface area contributed by atoms with Crippen LogP contribution in [0.1, 0.15) is 58.2 Å². The molecular weight excluding hydrogens is 749 g/mol. The Morgan fingerprint density at radius 3 is 2.29 bits per heavy atom. The molecule has 7 rings (SSSR count). The van der Waals surface area contributed by atoms with E-state index in [0.717, 1.165) is 50.9 Å². The Hall–Kier alpha value is -3.63. The summed E-state index contributed by atoms with van der Waals surface area (Å²) in [5, 5.41) is 5.77. The van der Waals surface area contributed by atoms with E-state index in [4.69, 9.17) is 9.40 Å². The van der Waals surface area contributed by atoms with Gasteiger partial charge in [-0.05, 0) is 81.2 Å². The molecule has 3 nitrogen and oxygen atoms in total. The van der Waals surface area contributed by atoms with E-state index in [1.54, 1.807) is 17.5 Å². The second-order valence-electron chi connectivity index (χ2n) is 13.7. The van der Waals surface area contributed by atoms with Crippen molar-refractivity contribution in [2.24, 2.45) is 5.41 Å². The molecule has 0 saturated heterocycles. The summed E-state index contributed by atoms with van der Waals surface area (Å²) < 4.78 is 7.74. The Morgan fingerprint density at radius 2 is 1.60 bits per heavy atom. The zero-order chi connectivity index (χ0) is 31.1. The summed E-state index contributed by atoms with van der Waals surface area (Å²) in [6, 6.07) is 31.1. The van der Waals surface area contributed by atoms with Crippen LogP contribution in [0.25, 0.3) is 54.5 Å². The van der Waals surface area contributed by atoms with Crippen molar-refractivity contribution in [2.75, 3.05) is 0 Å². The van der Waals surface area contributed by atoms with Crippen LogP contribution in [-0.2, 0) is 31.9 Å². The summed E-state index contributed by atoms with van der Waals surface area (Å²) >= 11 is 1.79. The second kappa shape index (κ2) is 13.0. The molecule has 0 fully saturated rings. The van der Waals surface area contributed by atoms with Crippen LogP contribution in [0, 0.1) is 24.5 Å². The van der Waals surface area contributed by atoms with Gasteiger partial charge < -0.3 is 14.4 Å². The van der Waals surface area contributed by atoms with Crippen molar-refractivity contribution >= 4 is 43.4 Å². The molecule has 0 spiro atoms. The maximum atomic E-state index is 6.44. The van der Waals surface area contributed by atoms with Crippen molar-refractivity contribution in [1.29, 1.82) is 0 Å². The maximum absolute atomic E-state index is 6.44. The molecule has 5 heteroatoms. The molecule has 7 aromatic rings. The number of furan rings is 1. The van der Waals surface area contributed by atoms with Gasteiger partial charge in [-0.25, -0.2) is 0 Å². The first-order valence-electron chi connectivity index (χ1n) is 15.1. The number of pyridine rings is 2. The normalized spacial score (nSPS) is 11.8. The molecule has 3 aromatic carbocycles. The zero-order valence-electron chi connectivity index (χ0n) is 26.9. The second-order valence-corrected chi connectivity index (χ2v) is 14.6. The van der Waals surface area contributed by atoms with E-state index in [1.807, 2.05) is 48.5 Å². The van der Waals surface area contributed by atoms with Gasteiger partial charge in [0.1, 0.15) is 5.58 Å². The van der Waals surface area contributed by atoms with Crippen molar-refractivity contribution in [3.8, 4) is 22.5 Å². The number of benzene rings is 3. The largest absolute Gasteiger partial charge is 0.501 e. The summed E-state index contributed by atoms with van der Waals surface area (Å²) in [7, 11) is 0. The molecule has 0 saturated carbocycles. The number of fused-ring (bicyclic) bond motifs is 4. The van der Waals surface area contributed by atoms with Gasteiger partial charge in [-0.15, -0.1) is 65.4 Å². The fourth-order valence-corrected chi connectivity index (χ4v) is 6.64. The molecule has 45 heavy (non-hydrogen) atoms. The van der Waals surface area contributed by atoms with Crippen LogP contribution in [0.4, 0.5) is 0 Å². The van der Waals surface area contributed by atoms with Crippen molar-refractivity contribution in [3.63, 3.8) is 0 Å². The summed E-state index contributed by atoms with van der Waals surface area (Å²) in [5.41, 5.74) is 9.88. The first kappa shape index (κ1) is 32.8. The van der Waals surface area contributed by atoms with E-state index in [9.17, 15) is 0 Å². The molecule has 1 radical (unpaired) electrons. The Morgan fingerprint density at radius 1 is 0.800 bits per heavy atom. The van der Waals surface area contributed by atoms with Crippen LogP contribution in [0.5, 0.6) is 0 Å². The first-order valence-corrected chi connectivity index (χ1v) is 16.0. The summed E-state index contributed by atoms with van der Waals surface area (Å²) in [6.07, 6.45) is 4.85. The number of nitrogens with zero attached hydrogens (tertiary/aromatic N) is 2. The van der Waals surface area contributed by atoms with Gasteiger partial charge >= 0.3 is 0 Å². The van der Waals surface area contributed by atoms with Gasteiger partial charge in [0, 0.05) is 42.6 Å². The average molecular weight is 787 g/mol. The summed E-state index contributed by atoms with van der Waals surface area (Å²) in [4.78, 5) is 9.11. The van der Waals surface area contributed by atoms with E-state index in [2.05, 4.69) is 101 Å². The van der Waals surface area contributed by atoms with Gasteiger partial charge in [-0.1, -0.05) is 70.7 Å². The summed E-state index contributed by atoms with van der Waals surface area (Å²) in [5.74, 6) is 0. The smallest absolute Gasteiger partial charge is 0.121 e. The first-order chi connectivity index (χ1) is 21.0. The van der Waals surface area contributed by atoms with Crippen LogP contribution in [-0.4, -0.2) is 9.97 Å². The minimum absolute atomic E-state index is 0. The molecule has 0 amide bonds. The van der Waals surface area contributed by atoms with Crippen LogP contribution < -0.4 is 0 Å². The monoisotopic (exact) mass is 787 g/mol. The van der Waals surface area contributed by atoms with Crippen molar-refractivity contribution < 1.29 is 24.5 Å². The molecule has 0 N–H and O–H groups in total. The van der Waals surface area contributed by atoms with Crippen LogP contribution in [0.3, 0.4) is 0 Å². The topological polar surface area (TPSA) is 38.9 Å². The Labute approximate surface area is 284 Å². The fourth-order valence-electron chi connectivity index (χ4n) is 5.68. The standard InChI is InChI=1S/C29H30NOS.C11H8N.Ir/c1-17-16-32-26-13-22-19-9-8-10-20(27(19)31-25(22)12-21(17)26)24-11-18(14-28(2,3)4)23(15-30-24)29(5,6)7;1-2-6-10(7-3-1)11-8-4-5-9-12-11;/h8-9,11-13,15-16H,14H2,1-7H3;1-6,8-9H;/q2*-1;. The summed E-state index contributed by atoms with van der Waals surface area (Å²) in [6.45, 7) is 15.8. The molecule has 0 aliphatic rings. The fraction of sp³-hybridized carbons (Fsp3) is 0.250. The van der Waals surface area contributed by atoms with E-state index >= 15 is 0 Å². The zero-order valence-corrected chi connectivity index (χ0v) is 30.1. The minimum atomic E-state index is 0. The molecular formula is C40H38IrN2OS-2. The van der Waals surface area contributed by atoms with Crippen molar-refractivity contribution in [3.05, 3.63) is 119 Å². The number of thiophene rings is 1. The third kappa shape index (κ3) is 7.12. The minimum Gasteiger partial charge on any atom is -0.501 e.